The van der Waals surface area contributed by atoms with Crippen LogP contribution in [-0.4, -0.2) is 22.5 Å². The summed E-state index contributed by atoms with van der Waals surface area (Å²) in [5.74, 6) is 0. The van der Waals surface area contributed by atoms with Crippen LogP contribution in [-0.2, 0) is 6.54 Å². The van der Waals surface area contributed by atoms with Gasteiger partial charge in [0, 0.05) is 33.9 Å². The second kappa shape index (κ2) is 7.61. The van der Waals surface area contributed by atoms with E-state index < -0.39 is 0 Å². The number of nitrogens with one attached hydrogen (secondary N) is 1. The van der Waals surface area contributed by atoms with Gasteiger partial charge in [-0.1, -0.05) is 41.9 Å². The van der Waals surface area contributed by atoms with E-state index in [1.807, 2.05) is 24.0 Å². The first-order valence-electron chi connectivity index (χ1n) is 7.43. The van der Waals surface area contributed by atoms with Crippen LogP contribution in [0.3, 0.4) is 0 Å². The van der Waals surface area contributed by atoms with E-state index in [1.165, 1.54) is 23.8 Å². The molecule has 4 heteroatoms. The molecule has 0 aliphatic carbocycles. The van der Waals surface area contributed by atoms with Crippen molar-refractivity contribution in [2.24, 2.45) is 0 Å². The summed E-state index contributed by atoms with van der Waals surface area (Å²) in [4.78, 5) is 4.54. The number of nitrogens with zero attached hydrogens (tertiary/aromatic N) is 1. The van der Waals surface area contributed by atoms with Crippen molar-refractivity contribution in [2.75, 3.05) is 12.8 Å². The van der Waals surface area contributed by atoms with Crippen LogP contribution in [0.1, 0.15) is 32.3 Å². The van der Waals surface area contributed by atoms with Crippen molar-refractivity contribution in [3.05, 3.63) is 40.5 Å². The number of fused-ring (bicyclic) bond motifs is 1. The molecule has 2 rings (SSSR count). The number of pyridine rings is 1. The summed E-state index contributed by atoms with van der Waals surface area (Å²) in [7, 11) is 0. The quantitative estimate of drug-likeness (QED) is 0.745. The molecular weight excluding hydrogens is 344 g/mol. The Balaban J connectivity index is 2.13. The molecule has 1 aromatic carbocycles. The van der Waals surface area contributed by atoms with Gasteiger partial charge in [-0.25, -0.2) is 0 Å². The zero-order valence-corrected chi connectivity index (χ0v) is 15.4. The number of benzene rings is 1. The number of halogens is 1. The Morgan fingerprint density at radius 2 is 2.00 bits per heavy atom. The average molecular weight is 367 g/mol. The first kappa shape index (κ1) is 16.8. The van der Waals surface area contributed by atoms with Crippen LogP contribution in [0.15, 0.2) is 34.9 Å². The maximum atomic E-state index is 4.54. The van der Waals surface area contributed by atoms with Crippen LogP contribution in [0.4, 0.5) is 0 Å². The molecule has 0 bridgehead atoms. The molecule has 2 nitrogen and oxygen atoms in total. The van der Waals surface area contributed by atoms with Crippen molar-refractivity contribution in [1.82, 2.24) is 10.3 Å². The van der Waals surface area contributed by atoms with Crippen LogP contribution < -0.4 is 5.32 Å². The van der Waals surface area contributed by atoms with Crippen molar-refractivity contribution in [1.29, 1.82) is 0 Å². The van der Waals surface area contributed by atoms with Crippen molar-refractivity contribution < 1.29 is 0 Å². The van der Waals surface area contributed by atoms with Gasteiger partial charge < -0.3 is 5.32 Å². The maximum Gasteiger partial charge on any atom is 0.0758 e. The number of hydrogen-bond donors (Lipinski definition) is 1. The highest BCUT2D eigenvalue weighted by Gasteiger charge is 2.24. The Labute approximate surface area is 140 Å². The molecule has 0 fully saturated rings. The van der Waals surface area contributed by atoms with Gasteiger partial charge in [-0.3, -0.25) is 4.98 Å². The molecule has 0 aliphatic heterocycles. The van der Waals surface area contributed by atoms with Crippen LogP contribution in [0, 0.1) is 0 Å². The minimum Gasteiger partial charge on any atom is -0.311 e. The SMILES string of the molecule is CCC(CC)(CNCc1ccc(Br)c2cccnc12)SC. The molecule has 1 heterocycles. The molecular formula is C17H23BrN2S. The summed E-state index contributed by atoms with van der Waals surface area (Å²) in [6.45, 7) is 6.45. The summed E-state index contributed by atoms with van der Waals surface area (Å²) >= 11 is 5.57. The summed E-state index contributed by atoms with van der Waals surface area (Å²) in [6.07, 6.45) is 6.46. The van der Waals surface area contributed by atoms with E-state index in [4.69, 9.17) is 0 Å². The van der Waals surface area contributed by atoms with Crippen molar-refractivity contribution in [2.45, 2.75) is 38.0 Å². The second-order valence-corrected chi connectivity index (χ2v) is 7.43. The molecule has 21 heavy (non-hydrogen) atoms. The molecule has 0 radical (unpaired) electrons. The molecule has 114 valence electrons. The third kappa shape index (κ3) is 3.79. The van der Waals surface area contributed by atoms with Crippen molar-refractivity contribution >= 4 is 38.6 Å². The fraction of sp³-hybridized carbons (Fsp3) is 0.471. The van der Waals surface area contributed by atoms with Gasteiger partial charge in [-0.15, -0.1) is 0 Å². The van der Waals surface area contributed by atoms with Crippen LogP contribution in [0.5, 0.6) is 0 Å². The zero-order valence-electron chi connectivity index (χ0n) is 12.9. The first-order chi connectivity index (χ1) is 10.2. The third-order valence-corrected chi connectivity index (χ3v) is 6.56. The zero-order chi connectivity index (χ0) is 15.3. The summed E-state index contributed by atoms with van der Waals surface area (Å²) in [6, 6.07) is 8.37. The van der Waals surface area contributed by atoms with Gasteiger partial charge in [0.15, 0.2) is 0 Å². The van der Waals surface area contributed by atoms with E-state index in [-0.39, 0.29) is 0 Å². The molecule has 0 saturated heterocycles. The van der Waals surface area contributed by atoms with Crippen LogP contribution >= 0.6 is 27.7 Å². The number of aromatic nitrogens is 1. The monoisotopic (exact) mass is 366 g/mol. The highest BCUT2D eigenvalue weighted by atomic mass is 79.9. The Bertz CT molecular complexity index is 588. The minimum absolute atomic E-state index is 0.346. The molecule has 1 N–H and O–H groups in total. The highest BCUT2D eigenvalue weighted by molar-refractivity contribution is 9.10. The fourth-order valence-electron chi connectivity index (χ4n) is 2.62. The van der Waals surface area contributed by atoms with Crippen molar-refractivity contribution in [3.63, 3.8) is 0 Å². The Morgan fingerprint density at radius 1 is 1.24 bits per heavy atom. The molecule has 1 aromatic heterocycles. The van der Waals surface area contributed by atoms with Gasteiger partial charge in [0.05, 0.1) is 5.52 Å². The standard InChI is InChI=1S/C17H23BrN2S/c1-4-17(5-2,21-3)12-19-11-13-8-9-15(18)14-7-6-10-20-16(13)14/h6-10,19H,4-5,11-12H2,1-3H3. The lowest BCUT2D eigenvalue weighted by atomic mass is 10.0. The molecule has 0 unspecified atom stereocenters. The highest BCUT2D eigenvalue weighted by Crippen LogP contribution is 2.30. The van der Waals surface area contributed by atoms with E-state index in [0.717, 1.165) is 23.1 Å². The van der Waals surface area contributed by atoms with Gasteiger partial charge in [-0.05, 0) is 36.8 Å². The summed E-state index contributed by atoms with van der Waals surface area (Å²) < 4.78 is 1.45. The maximum absolute atomic E-state index is 4.54. The molecule has 0 saturated carbocycles. The van der Waals surface area contributed by atoms with E-state index in [9.17, 15) is 0 Å². The Hall–Kier alpha value is -0.580. The normalized spacial score (nSPS) is 12.0. The van der Waals surface area contributed by atoms with Gasteiger partial charge >= 0.3 is 0 Å². The van der Waals surface area contributed by atoms with Crippen LogP contribution in [0.2, 0.25) is 0 Å². The lowest BCUT2D eigenvalue weighted by molar-refractivity contribution is 0.495. The van der Waals surface area contributed by atoms with E-state index >= 15 is 0 Å². The predicted octanol–water partition coefficient (Wildman–Crippen LogP) is 5.01. The Morgan fingerprint density at radius 3 is 2.67 bits per heavy atom. The van der Waals surface area contributed by atoms with E-state index in [0.29, 0.717) is 4.75 Å². The summed E-state index contributed by atoms with van der Waals surface area (Å²) in [5.41, 5.74) is 2.35. The number of hydrogen-bond acceptors (Lipinski definition) is 3. The lowest BCUT2D eigenvalue weighted by Gasteiger charge is -2.30. The van der Waals surface area contributed by atoms with Crippen molar-refractivity contribution in [3.8, 4) is 0 Å². The average Bonchev–Trinajstić information content (AvgIpc) is 2.54. The Kier molecular flexibility index (Phi) is 6.08. The number of rotatable bonds is 7. The molecule has 0 spiro atoms. The van der Waals surface area contributed by atoms with E-state index in [2.05, 4.69) is 64.5 Å². The molecule has 0 atom stereocenters. The minimum atomic E-state index is 0.346. The molecule has 0 aliphatic rings. The summed E-state index contributed by atoms with van der Waals surface area (Å²) in [5, 5.41) is 4.81. The lowest BCUT2D eigenvalue weighted by Crippen LogP contribution is -2.36. The largest absolute Gasteiger partial charge is 0.311 e. The molecule has 2 aromatic rings. The smallest absolute Gasteiger partial charge is 0.0758 e. The van der Waals surface area contributed by atoms with Crippen LogP contribution in [0.25, 0.3) is 10.9 Å². The second-order valence-electron chi connectivity index (χ2n) is 5.30. The first-order valence-corrected chi connectivity index (χ1v) is 9.45. The van der Waals surface area contributed by atoms with Gasteiger partial charge in [0.2, 0.25) is 0 Å². The number of thioether (sulfide) groups is 1. The topological polar surface area (TPSA) is 24.9 Å². The third-order valence-electron chi connectivity index (χ3n) is 4.28. The predicted molar refractivity (Wildman–Crippen MR) is 98.0 cm³/mol. The van der Waals surface area contributed by atoms with Gasteiger partial charge in [0.25, 0.3) is 0 Å². The molecule has 0 amide bonds. The fourth-order valence-corrected chi connectivity index (χ4v) is 3.90. The van der Waals surface area contributed by atoms with Gasteiger partial charge in [0.1, 0.15) is 0 Å². The van der Waals surface area contributed by atoms with Gasteiger partial charge in [-0.2, -0.15) is 11.8 Å². The van der Waals surface area contributed by atoms with E-state index in [1.54, 1.807) is 0 Å².